The molecule has 4 saturated carbocycles. The molecule has 4 bridgehead atoms. The van der Waals surface area contributed by atoms with Gasteiger partial charge in [0, 0.05) is 29.0 Å². The Morgan fingerprint density at radius 2 is 1.37 bits per heavy atom. The highest BCUT2D eigenvalue weighted by atomic mass is 16.5. The van der Waals surface area contributed by atoms with Crippen molar-refractivity contribution in [3.8, 4) is 23.0 Å². The lowest BCUT2D eigenvalue weighted by Crippen LogP contribution is -2.47. The van der Waals surface area contributed by atoms with E-state index in [0.717, 1.165) is 68.7 Å². The maximum absolute atomic E-state index is 6.88. The molecule has 12 rings (SSSR count). The van der Waals surface area contributed by atoms with Gasteiger partial charge in [-0.15, -0.1) is 0 Å². The first-order valence-electron chi connectivity index (χ1n) is 21.0. The van der Waals surface area contributed by atoms with Crippen LogP contribution in [0.25, 0.3) is 44.3 Å². The second kappa shape index (κ2) is 13.2. The second-order valence-corrected chi connectivity index (χ2v) is 18.4. The predicted octanol–water partition coefficient (Wildman–Crippen LogP) is 12.0. The van der Waals surface area contributed by atoms with Crippen LogP contribution in [0.3, 0.4) is 0 Å². The van der Waals surface area contributed by atoms with E-state index in [4.69, 9.17) is 9.72 Å². The van der Waals surface area contributed by atoms with E-state index >= 15 is 0 Å². The van der Waals surface area contributed by atoms with Crippen molar-refractivity contribution in [2.75, 3.05) is 0 Å². The van der Waals surface area contributed by atoms with Crippen LogP contribution in [0.1, 0.15) is 75.5 Å². The number of aromatic nitrogens is 4. The fourth-order valence-electron chi connectivity index (χ4n) is 11.6. The van der Waals surface area contributed by atoms with Crippen LogP contribution < -0.4 is 9.30 Å². The van der Waals surface area contributed by atoms with Crippen molar-refractivity contribution in [2.45, 2.75) is 64.2 Å². The largest absolute Gasteiger partial charge is 0.458 e. The van der Waals surface area contributed by atoms with Crippen molar-refractivity contribution in [1.82, 2.24) is 14.1 Å². The van der Waals surface area contributed by atoms with Gasteiger partial charge in [-0.1, -0.05) is 99.6 Å². The van der Waals surface area contributed by atoms with Crippen LogP contribution >= 0.6 is 0 Å². The van der Waals surface area contributed by atoms with Crippen molar-refractivity contribution in [2.24, 2.45) is 36.6 Å². The van der Waals surface area contributed by atoms with Crippen LogP contribution in [0.4, 0.5) is 0 Å². The molecule has 284 valence electrons. The van der Waals surface area contributed by atoms with E-state index < -0.39 is 0 Å². The lowest BCUT2D eigenvalue weighted by Gasteiger charge is -2.56. The zero-order valence-electron chi connectivity index (χ0n) is 33.4. The number of benzene rings is 5. The van der Waals surface area contributed by atoms with Gasteiger partial charge in [0.2, 0.25) is 6.33 Å². The molecule has 0 saturated heterocycles. The first-order valence-corrected chi connectivity index (χ1v) is 21.0. The number of ether oxygens (including phenoxy) is 1. The lowest BCUT2D eigenvalue weighted by molar-refractivity contribution is -0.649. The lowest BCUT2D eigenvalue weighted by atomic mass is 9.48. The monoisotopic (exact) mass is 746 g/mol. The van der Waals surface area contributed by atoms with Crippen LogP contribution in [0, 0.1) is 35.9 Å². The van der Waals surface area contributed by atoms with E-state index in [-0.39, 0.29) is 5.41 Å². The average Bonchev–Trinajstić information content (AvgIpc) is 3.73. The molecule has 0 radical (unpaired) electrons. The molecule has 0 N–H and O–H groups in total. The highest BCUT2D eigenvalue weighted by Crippen LogP contribution is 2.61. The molecule has 1 unspecified atom stereocenters. The van der Waals surface area contributed by atoms with Crippen molar-refractivity contribution in [3.63, 3.8) is 0 Å². The molecule has 57 heavy (non-hydrogen) atoms. The Bertz CT molecular complexity index is 2780. The number of nitrogens with zero attached hydrogens (tertiary/aromatic N) is 4. The van der Waals surface area contributed by atoms with Gasteiger partial charge in [-0.25, -0.2) is 4.98 Å². The second-order valence-electron chi connectivity index (χ2n) is 18.4. The zero-order chi connectivity index (χ0) is 38.4. The molecule has 5 nitrogen and oxygen atoms in total. The first kappa shape index (κ1) is 34.6. The third kappa shape index (κ3) is 5.88. The average molecular weight is 747 g/mol. The molecule has 3 heterocycles. The Hall–Kier alpha value is -5.68. The molecule has 4 aliphatic carbocycles. The summed E-state index contributed by atoms with van der Waals surface area (Å²) in [5, 5.41) is 2.41. The smallest absolute Gasteiger partial charge is 0.244 e. The Kier molecular flexibility index (Phi) is 8.00. The summed E-state index contributed by atoms with van der Waals surface area (Å²) in [6.45, 7) is 6.76. The third-order valence-electron chi connectivity index (χ3n) is 13.8. The fourth-order valence-corrected chi connectivity index (χ4v) is 11.6. The van der Waals surface area contributed by atoms with Gasteiger partial charge in [-0.05, 0) is 126 Å². The summed E-state index contributed by atoms with van der Waals surface area (Å²) in [5.74, 6) is 7.09. The summed E-state index contributed by atoms with van der Waals surface area (Å²) >= 11 is 0. The topological polar surface area (TPSA) is 35.9 Å². The van der Waals surface area contributed by atoms with Gasteiger partial charge in [-0.3, -0.25) is 4.57 Å². The van der Waals surface area contributed by atoms with Crippen molar-refractivity contribution in [1.29, 1.82) is 0 Å². The first-order chi connectivity index (χ1) is 27.7. The summed E-state index contributed by atoms with van der Waals surface area (Å²) in [6, 6.07) is 46.4. The third-order valence-corrected chi connectivity index (χ3v) is 13.8. The van der Waals surface area contributed by atoms with Gasteiger partial charge >= 0.3 is 0 Å². The normalized spacial score (nSPS) is 22.1. The Morgan fingerprint density at radius 3 is 2.14 bits per heavy atom. The van der Waals surface area contributed by atoms with Gasteiger partial charge in [0.1, 0.15) is 17.3 Å². The van der Waals surface area contributed by atoms with Gasteiger partial charge in [0.25, 0.3) is 0 Å². The van der Waals surface area contributed by atoms with E-state index in [1.54, 1.807) is 0 Å². The number of aryl methyl sites for hydroxylation is 1. The molecule has 4 aliphatic rings. The van der Waals surface area contributed by atoms with E-state index in [9.17, 15) is 0 Å². The molecular weight excluding hydrogens is 697 g/mol. The minimum Gasteiger partial charge on any atom is -0.458 e. The number of pyridine rings is 1. The molecule has 3 aromatic heterocycles. The molecule has 5 aromatic carbocycles. The van der Waals surface area contributed by atoms with Gasteiger partial charge < -0.3 is 13.9 Å². The van der Waals surface area contributed by atoms with Crippen molar-refractivity contribution >= 4 is 32.8 Å². The summed E-state index contributed by atoms with van der Waals surface area (Å²) in [6.07, 6.45) is 12.7. The Balaban J connectivity index is 1.02. The molecule has 4 fully saturated rings. The number of rotatable bonds is 7. The van der Waals surface area contributed by atoms with E-state index in [2.05, 4.69) is 174 Å². The maximum Gasteiger partial charge on any atom is 0.244 e. The van der Waals surface area contributed by atoms with Gasteiger partial charge in [0.15, 0.2) is 0 Å². The number of hydrogen-bond acceptors (Lipinski definition) is 2. The summed E-state index contributed by atoms with van der Waals surface area (Å²) in [7, 11) is 2.05. The highest BCUT2D eigenvalue weighted by Gasteiger charge is 2.51. The Morgan fingerprint density at radius 1 is 0.667 bits per heavy atom. The van der Waals surface area contributed by atoms with Crippen LogP contribution in [0.5, 0.6) is 11.5 Å². The van der Waals surface area contributed by atoms with E-state index in [0.29, 0.717) is 11.8 Å². The van der Waals surface area contributed by atoms with Crippen LogP contribution in [-0.4, -0.2) is 14.1 Å². The minimum atomic E-state index is -0.0827. The van der Waals surface area contributed by atoms with E-state index in [1.165, 1.54) is 59.6 Å². The molecular formula is C52H50N4O. The fraction of sp³-hybridized carbons (Fsp3) is 0.308. The molecule has 0 amide bonds. The molecule has 1 atom stereocenters. The Labute approximate surface area is 335 Å². The van der Waals surface area contributed by atoms with Gasteiger partial charge in [-0.2, -0.15) is 0 Å². The standard InChI is InChI=1S/C52H50N4O/c1-52(2,3)39-28-40(55-32-54(4)46-16-10-11-17-47(46)55)30-42(29-39)57-41-18-19-44-43-14-8-9-15-45(43)56(48(44)31-41)49-27-36(20-21-53-49)50(35-12-6-5-7-13-35)51-37-23-33-22-34(25-37)26-38(51)24-33/h5-21,27-31,33-34,37-38,50-51H,22-26H2,1-4H3. The maximum atomic E-state index is 6.88. The quantitative estimate of drug-likeness (QED) is 0.120. The predicted molar refractivity (Wildman–Crippen MR) is 229 cm³/mol. The highest BCUT2D eigenvalue weighted by molar-refractivity contribution is 6.09. The summed E-state index contributed by atoms with van der Waals surface area (Å²) in [5.41, 5.74) is 9.46. The van der Waals surface area contributed by atoms with Crippen LogP contribution in [0.2, 0.25) is 0 Å². The van der Waals surface area contributed by atoms with Gasteiger partial charge in [0.05, 0.1) is 34.8 Å². The van der Waals surface area contributed by atoms with Crippen LogP contribution in [0.15, 0.2) is 134 Å². The summed E-state index contributed by atoms with van der Waals surface area (Å²) in [4.78, 5) is 5.13. The molecule has 8 aromatic rings. The molecule has 0 spiro atoms. The molecule has 5 heteroatoms. The zero-order valence-corrected chi connectivity index (χ0v) is 33.4. The van der Waals surface area contributed by atoms with Crippen LogP contribution in [-0.2, 0) is 12.5 Å². The minimum absolute atomic E-state index is 0.0827. The number of para-hydroxylation sites is 3. The van der Waals surface area contributed by atoms with E-state index in [1.807, 2.05) is 7.05 Å². The van der Waals surface area contributed by atoms with Crippen molar-refractivity contribution in [3.05, 3.63) is 157 Å². The number of hydrogen-bond donors (Lipinski definition) is 0. The summed E-state index contributed by atoms with van der Waals surface area (Å²) < 4.78 is 13.4. The SMILES string of the molecule is C[n+]1[c-]n(-c2cc(Oc3ccc4c5ccccc5n(-c5cc(C(c6ccccc6)C6C7CC8CC(C7)CC6C8)ccn5)c4c3)cc(C(C)(C)C)c2)c2ccccc21. The molecule has 0 aliphatic heterocycles. The van der Waals surface area contributed by atoms with Crippen molar-refractivity contribution < 1.29 is 9.30 Å². The number of imidazole rings is 1. The number of fused-ring (bicyclic) bond motifs is 4.